The number of hydrogen-bond acceptors (Lipinski definition) is 5. The van der Waals surface area contributed by atoms with Crippen LogP contribution in [0.2, 0.25) is 0 Å². The predicted octanol–water partition coefficient (Wildman–Crippen LogP) is 5.73. The zero-order valence-electron chi connectivity index (χ0n) is 19.9. The maximum atomic E-state index is 5.98. The van der Waals surface area contributed by atoms with Gasteiger partial charge in [0.1, 0.15) is 18.2 Å². The third-order valence-electron chi connectivity index (χ3n) is 6.21. The summed E-state index contributed by atoms with van der Waals surface area (Å²) in [6, 6.07) is 29.5. The molecule has 0 spiro atoms. The molecule has 5 aromatic rings. The van der Waals surface area contributed by atoms with Gasteiger partial charge in [0, 0.05) is 11.8 Å². The molecule has 2 heterocycles. The first-order chi connectivity index (χ1) is 17.2. The average Bonchev–Trinajstić information content (AvgIpc) is 3.41. The molecular weight excluding hydrogens is 434 g/mol. The summed E-state index contributed by atoms with van der Waals surface area (Å²) in [5, 5.41) is 15.2. The van der Waals surface area contributed by atoms with Gasteiger partial charge in [-0.3, -0.25) is 0 Å². The first-order valence-electron chi connectivity index (χ1n) is 12.1. The van der Waals surface area contributed by atoms with Crippen LogP contribution in [-0.4, -0.2) is 25.6 Å². The molecular formula is C29H29N5O. The Morgan fingerprint density at radius 2 is 1.71 bits per heavy atom. The van der Waals surface area contributed by atoms with Crippen LogP contribution in [0.3, 0.4) is 0 Å². The predicted molar refractivity (Wildman–Crippen MR) is 137 cm³/mol. The fraction of sp³-hybridized carbons (Fsp3) is 0.241. The van der Waals surface area contributed by atoms with E-state index in [4.69, 9.17) is 4.74 Å². The van der Waals surface area contributed by atoms with Crippen molar-refractivity contribution in [1.29, 1.82) is 0 Å². The molecule has 6 nitrogen and oxygen atoms in total. The van der Waals surface area contributed by atoms with Gasteiger partial charge in [-0.25, -0.2) is 10.1 Å². The Labute approximate surface area is 205 Å². The van der Waals surface area contributed by atoms with E-state index in [0.717, 1.165) is 53.9 Å². The van der Waals surface area contributed by atoms with Crippen LogP contribution >= 0.6 is 0 Å². The van der Waals surface area contributed by atoms with Gasteiger partial charge in [-0.05, 0) is 76.6 Å². The number of tetrazole rings is 1. The number of rotatable bonds is 10. The molecule has 0 aliphatic rings. The lowest BCUT2D eigenvalue weighted by Crippen LogP contribution is -2.03. The minimum Gasteiger partial charge on any atom is -0.487 e. The van der Waals surface area contributed by atoms with E-state index in [9.17, 15) is 0 Å². The van der Waals surface area contributed by atoms with Gasteiger partial charge in [-0.1, -0.05) is 67.6 Å². The van der Waals surface area contributed by atoms with Crippen molar-refractivity contribution in [3.63, 3.8) is 0 Å². The Morgan fingerprint density at radius 1 is 0.857 bits per heavy atom. The van der Waals surface area contributed by atoms with Crippen LogP contribution in [0.5, 0.6) is 5.75 Å². The summed E-state index contributed by atoms with van der Waals surface area (Å²) in [5.41, 5.74) is 5.88. The number of hydrogen-bond donors (Lipinski definition) is 1. The number of aryl methyl sites for hydroxylation is 1. The van der Waals surface area contributed by atoms with E-state index >= 15 is 0 Å². The van der Waals surface area contributed by atoms with Gasteiger partial charge in [0.15, 0.2) is 0 Å². The molecule has 176 valence electrons. The van der Waals surface area contributed by atoms with Crippen LogP contribution in [0.15, 0.2) is 84.9 Å². The van der Waals surface area contributed by atoms with Gasteiger partial charge in [-0.2, -0.15) is 0 Å². The van der Waals surface area contributed by atoms with Crippen molar-refractivity contribution >= 4 is 10.9 Å². The van der Waals surface area contributed by atoms with Gasteiger partial charge in [0.25, 0.3) is 0 Å². The number of H-pyrrole nitrogens is 1. The standard InChI is InChI=1S/C29H29N5O/c1-21(9-16-29-31-33-34-32-29)17-23-5-4-6-24(19-23)18-22-10-14-27(15-11-22)35-20-26-13-12-25-7-2-3-8-28(25)30-26/h2-8,10-15,19,21H,9,16-18,20H2,1H3,(H,31,32,33,34). The Hall–Kier alpha value is -4.06. The molecule has 0 saturated heterocycles. The van der Waals surface area contributed by atoms with Crippen LogP contribution < -0.4 is 4.74 Å². The van der Waals surface area contributed by atoms with Gasteiger partial charge >= 0.3 is 0 Å². The van der Waals surface area contributed by atoms with E-state index in [0.29, 0.717) is 12.5 Å². The molecule has 0 fully saturated rings. The summed E-state index contributed by atoms with van der Waals surface area (Å²) < 4.78 is 5.98. The highest BCUT2D eigenvalue weighted by atomic mass is 16.5. The molecule has 1 unspecified atom stereocenters. The van der Waals surface area contributed by atoms with E-state index in [1.807, 2.05) is 36.4 Å². The Bertz CT molecular complexity index is 1370. The largest absolute Gasteiger partial charge is 0.487 e. The van der Waals surface area contributed by atoms with Crippen molar-refractivity contribution in [2.24, 2.45) is 5.92 Å². The summed E-state index contributed by atoms with van der Waals surface area (Å²) in [5.74, 6) is 2.27. The summed E-state index contributed by atoms with van der Waals surface area (Å²) in [4.78, 5) is 4.68. The highest BCUT2D eigenvalue weighted by molar-refractivity contribution is 5.78. The van der Waals surface area contributed by atoms with Crippen LogP contribution in [0.4, 0.5) is 0 Å². The quantitative estimate of drug-likeness (QED) is 0.286. The molecule has 0 saturated carbocycles. The monoisotopic (exact) mass is 463 g/mol. The number of pyridine rings is 1. The van der Waals surface area contributed by atoms with E-state index in [1.165, 1.54) is 16.7 Å². The molecule has 1 N–H and O–H groups in total. The van der Waals surface area contributed by atoms with E-state index < -0.39 is 0 Å². The topological polar surface area (TPSA) is 76.6 Å². The number of nitrogens with zero attached hydrogens (tertiary/aromatic N) is 4. The Morgan fingerprint density at radius 3 is 2.57 bits per heavy atom. The van der Waals surface area contributed by atoms with Gasteiger partial charge in [-0.15, -0.1) is 5.10 Å². The fourth-order valence-electron chi connectivity index (χ4n) is 4.32. The molecule has 0 amide bonds. The maximum absolute atomic E-state index is 5.98. The number of fused-ring (bicyclic) bond motifs is 1. The number of ether oxygens (including phenoxy) is 1. The molecule has 0 aliphatic carbocycles. The van der Waals surface area contributed by atoms with Gasteiger partial charge < -0.3 is 4.74 Å². The third kappa shape index (κ3) is 6.29. The Kier molecular flexibility index (Phi) is 7.08. The molecule has 0 bridgehead atoms. The lowest BCUT2D eigenvalue weighted by molar-refractivity contribution is 0.301. The molecule has 5 rings (SSSR count). The summed E-state index contributed by atoms with van der Waals surface area (Å²) in [6.07, 6.45) is 3.87. The first-order valence-corrected chi connectivity index (χ1v) is 12.1. The second-order valence-electron chi connectivity index (χ2n) is 9.12. The normalized spacial score (nSPS) is 12.0. The molecule has 0 radical (unpaired) electrons. The minimum absolute atomic E-state index is 0.456. The SMILES string of the molecule is CC(CCc1nnn[nH]1)Cc1cccc(Cc2ccc(OCc3ccc4ccccc4n3)cc2)c1. The zero-order valence-corrected chi connectivity index (χ0v) is 19.9. The second-order valence-corrected chi connectivity index (χ2v) is 9.12. The molecule has 2 aromatic heterocycles. The first kappa shape index (κ1) is 22.7. The highest BCUT2D eigenvalue weighted by Gasteiger charge is 2.08. The smallest absolute Gasteiger partial charge is 0.148 e. The number of benzene rings is 3. The van der Waals surface area contributed by atoms with Crippen LogP contribution in [0, 0.1) is 5.92 Å². The van der Waals surface area contributed by atoms with Crippen LogP contribution in [-0.2, 0) is 25.9 Å². The van der Waals surface area contributed by atoms with Crippen molar-refractivity contribution in [2.45, 2.75) is 39.2 Å². The van der Waals surface area contributed by atoms with Gasteiger partial charge in [0.2, 0.25) is 0 Å². The third-order valence-corrected chi connectivity index (χ3v) is 6.21. The van der Waals surface area contributed by atoms with Crippen molar-refractivity contribution < 1.29 is 4.74 Å². The lowest BCUT2D eigenvalue weighted by Gasteiger charge is -2.12. The Balaban J connectivity index is 1.14. The van der Waals surface area contributed by atoms with E-state index in [1.54, 1.807) is 0 Å². The molecule has 0 aliphatic heterocycles. The molecule has 6 heteroatoms. The van der Waals surface area contributed by atoms with Crippen molar-refractivity contribution in [1.82, 2.24) is 25.6 Å². The van der Waals surface area contributed by atoms with E-state index in [-0.39, 0.29) is 0 Å². The average molecular weight is 464 g/mol. The summed E-state index contributed by atoms with van der Waals surface area (Å²) in [6.45, 7) is 2.74. The summed E-state index contributed by atoms with van der Waals surface area (Å²) in [7, 11) is 0. The fourth-order valence-corrected chi connectivity index (χ4v) is 4.32. The number of aromatic amines is 1. The van der Waals surface area contributed by atoms with Crippen molar-refractivity contribution in [2.75, 3.05) is 0 Å². The highest BCUT2D eigenvalue weighted by Crippen LogP contribution is 2.20. The lowest BCUT2D eigenvalue weighted by atomic mass is 9.94. The van der Waals surface area contributed by atoms with Crippen molar-refractivity contribution in [3.8, 4) is 5.75 Å². The molecule has 1 atom stereocenters. The van der Waals surface area contributed by atoms with Crippen molar-refractivity contribution in [3.05, 3.63) is 113 Å². The van der Waals surface area contributed by atoms with Crippen LogP contribution in [0.1, 0.15) is 41.6 Å². The van der Waals surface area contributed by atoms with E-state index in [2.05, 4.69) is 81.1 Å². The van der Waals surface area contributed by atoms with Gasteiger partial charge in [0.05, 0.1) is 11.2 Å². The zero-order chi connectivity index (χ0) is 23.9. The number of aromatic nitrogens is 5. The summed E-state index contributed by atoms with van der Waals surface area (Å²) >= 11 is 0. The molecule has 3 aromatic carbocycles. The number of nitrogens with one attached hydrogen (secondary N) is 1. The molecule has 35 heavy (non-hydrogen) atoms. The second kappa shape index (κ2) is 10.9. The maximum Gasteiger partial charge on any atom is 0.148 e. The van der Waals surface area contributed by atoms with Crippen LogP contribution in [0.25, 0.3) is 10.9 Å². The number of para-hydroxylation sites is 1. The minimum atomic E-state index is 0.456.